The predicted molar refractivity (Wildman–Crippen MR) is 110 cm³/mol. The smallest absolute Gasteiger partial charge is 0.257 e. The Balaban J connectivity index is 1.71. The normalized spacial score (nSPS) is 10.9. The van der Waals surface area contributed by atoms with E-state index < -0.39 is 0 Å². The Morgan fingerprint density at radius 1 is 1.19 bits per heavy atom. The van der Waals surface area contributed by atoms with Crippen LogP contribution in [0.1, 0.15) is 16.1 Å². The first-order chi connectivity index (χ1) is 13.1. The van der Waals surface area contributed by atoms with E-state index >= 15 is 0 Å². The first-order valence-corrected chi connectivity index (χ1v) is 9.42. The second kappa shape index (κ2) is 6.89. The third-order valence-corrected chi connectivity index (χ3v) is 5.47. The summed E-state index contributed by atoms with van der Waals surface area (Å²) in [5, 5.41) is 6.52. The second-order valence-corrected chi connectivity index (χ2v) is 7.12. The monoisotopic (exact) mass is 377 g/mol. The Kier molecular flexibility index (Phi) is 4.41. The number of hydrogen-bond donors (Lipinski definition) is 1. The number of rotatable bonds is 4. The van der Waals surface area contributed by atoms with Gasteiger partial charge < -0.3 is 9.30 Å². The summed E-state index contributed by atoms with van der Waals surface area (Å²) in [6.07, 6.45) is 0. The quantitative estimate of drug-likeness (QED) is 0.552. The maximum atomic E-state index is 12.4. The molecule has 0 saturated carbocycles. The van der Waals surface area contributed by atoms with Crippen molar-refractivity contribution in [3.8, 4) is 17.0 Å². The molecule has 1 amide bonds. The van der Waals surface area contributed by atoms with Crippen molar-refractivity contribution in [1.29, 1.82) is 0 Å². The lowest BCUT2D eigenvalue weighted by molar-refractivity contribution is 0.102. The van der Waals surface area contributed by atoms with Gasteiger partial charge in [0.1, 0.15) is 5.75 Å². The molecular weight excluding hydrogens is 358 g/mol. The van der Waals surface area contributed by atoms with Crippen LogP contribution >= 0.6 is 11.3 Å². The molecule has 0 unspecified atom stereocenters. The number of benzene rings is 2. The fourth-order valence-electron chi connectivity index (χ4n) is 3.21. The van der Waals surface area contributed by atoms with Crippen LogP contribution in [0.4, 0.5) is 5.13 Å². The number of carbonyl (C=O) groups excluding carboxylic acids is 1. The molecule has 0 saturated heterocycles. The van der Waals surface area contributed by atoms with Crippen LogP contribution in [0.2, 0.25) is 0 Å². The highest BCUT2D eigenvalue weighted by molar-refractivity contribution is 7.14. The molecule has 0 bridgehead atoms. The number of methoxy groups -OCH3 is 1. The fraction of sp³-hybridized carbons (Fsp3) is 0.143. The molecule has 0 atom stereocenters. The van der Waals surface area contributed by atoms with Gasteiger partial charge in [-0.25, -0.2) is 4.98 Å². The van der Waals surface area contributed by atoms with E-state index in [0.29, 0.717) is 10.7 Å². The average molecular weight is 377 g/mol. The van der Waals surface area contributed by atoms with Crippen molar-refractivity contribution < 1.29 is 9.53 Å². The molecule has 0 aliphatic carbocycles. The molecule has 6 heteroatoms. The van der Waals surface area contributed by atoms with E-state index in [4.69, 9.17) is 4.74 Å². The number of ether oxygens (including phenoxy) is 1. The van der Waals surface area contributed by atoms with Crippen molar-refractivity contribution in [2.24, 2.45) is 7.05 Å². The van der Waals surface area contributed by atoms with Gasteiger partial charge in [0.2, 0.25) is 0 Å². The molecule has 0 spiro atoms. The summed E-state index contributed by atoms with van der Waals surface area (Å²) in [6.45, 7) is 2.07. The van der Waals surface area contributed by atoms with Crippen LogP contribution in [0, 0.1) is 6.92 Å². The Hall–Kier alpha value is -3.12. The molecule has 4 rings (SSSR count). The molecule has 0 aliphatic rings. The number of thiazole rings is 1. The molecule has 2 aromatic heterocycles. The number of nitrogens with zero attached hydrogens (tertiary/aromatic N) is 2. The number of fused-ring (bicyclic) bond motifs is 1. The zero-order valence-corrected chi connectivity index (χ0v) is 16.1. The van der Waals surface area contributed by atoms with E-state index in [2.05, 4.69) is 27.9 Å². The third kappa shape index (κ3) is 3.08. The Morgan fingerprint density at radius 2 is 1.96 bits per heavy atom. The molecule has 0 radical (unpaired) electrons. The van der Waals surface area contributed by atoms with Crippen LogP contribution in [0.25, 0.3) is 22.2 Å². The molecule has 2 heterocycles. The van der Waals surface area contributed by atoms with Gasteiger partial charge in [0.15, 0.2) is 5.13 Å². The summed E-state index contributed by atoms with van der Waals surface area (Å²) in [6, 6.07) is 15.2. The van der Waals surface area contributed by atoms with Gasteiger partial charge in [0, 0.05) is 40.2 Å². The number of nitrogens with one attached hydrogen (secondary N) is 1. The highest BCUT2D eigenvalue weighted by Gasteiger charge is 2.18. The zero-order chi connectivity index (χ0) is 19.0. The number of aromatic nitrogens is 2. The second-order valence-electron chi connectivity index (χ2n) is 6.26. The minimum atomic E-state index is -0.159. The number of hydrogen-bond acceptors (Lipinski definition) is 4. The fourth-order valence-corrected chi connectivity index (χ4v) is 3.90. The maximum Gasteiger partial charge on any atom is 0.257 e. The Bertz CT molecular complexity index is 1130. The summed E-state index contributed by atoms with van der Waals surface area (Å²) < 4.78 is 7.53. The molecular formula is C21H19N3O2S. The minimum Gasteiger partial charge on any atom is -0.497 e. The molecule has 0 aliphatic heterocycles. The van der Waals surface area contributed by atoms with Crippen LogP contribution in [-0.2, 0) is 7.05 Å². The molecule has 0 fully saturated rings. The topological polar surface area (TPSA) is 56.1 Å². The SMILES string of the molecule is COc1ccc2c(c1)c(-c1csc(NC(=O)c3ccccc3)n1)c(C)n2C. The van der Waals surface area contributed by atoms with E-state index in [1.165, 1.54) is 11.3 Å². The van der Waals surface area contributed by atoms with Crippen molar-refractivity contribution in [1.82, 2.24) is 9.55 Å². The van der Waals surface area contributed by atoms with E-state index in [9.17, 15) is 4.79 Å². The van der Waals surface area contributed by atoms with Crippen molar-refractivity contribution in [3.63, 3.8) is 0 Å². The number of amides is 1. The minimum absolute atomic E-state index is 0.159. The van der Waals surface area contributed by atoms with E-state index in [1.807, 2.05) is 42.8 Å². The third-order valence-electron chi connectivity index (χ3n) is 4.72. The summed E-state index contributed by atoms with van der Waals surface area (Å²) in [7, 11) is 3.70. The molecule has 27 heavy (non-hydrogen) atoms. The molecule has 5 nitrogen and oxygen atoms in total. The van der Waals surface area contributed by atoms with Gasteiger partial charge in [-0.3, -0.25) is 10.1 Å². The van der Waals surface area contributed by atoms with Gasteiger partial charge in [0.05, 0.1) is 12.8 Å². The lowest BCUT2D eigenvalue weighted by atomic mass is 10.1. The van der Waals surface area contributed by atoms with Gasteiger partial charge >= 0.3 is 0 Å². The molecule has 4 aromatic rings. The number of carbonyl (C=O) groups is 1. The predicted octanol–water partition coefficient (Wildman–Crippen LogP) is 4.87. The van der Waals surface area contributed by atoms with Gasteiger partial charge in [-0.15, -0.1) is 11.3 Å². The van der Waals surface area contributed by atoms with Crippen LogP contribution in [0.3, 0.4) is 0 Å². The maximum absolute atomic E-state index is 12.4. The van der Waals surface area contributed by atoms with Crippen LogP contribution in [0.15, 0.2) is 53.9 Å². The van der Waals surface area contributed by atoms with Gasteiger partial charge in [-0.1, -0.05) is 18.2 Å². The summed E-state index contributed by atoms with van der Waals surface area (Å²) in [5.41, 5.74) is 4.75. The first-order valence-electron chi connectivity index (χ1n) is 8.54. The summed E-state index contributed by atoms with van der Waals surface area (Å²) >= 11 is 1.42. The largest absolute Gasteiger partial charge is 0.497 e. The van der Waals surface area contributed by atoms with Crippen molar-refractivity contribution in [3.05, 3.63) is 65.2 Å². The van der Waals surface area contributed by atoms with E-state index in [0.717, 1.165) is 33.6 Å². The van der Waals surface area contributed by atoms with E-state index in [1.54, 1.807) is 19.2 Å². The lowest BCUT2D eigenvalue weighted by Crippen LogP contribution is -2.11. The Morgan fingerprint density at radius 3 is 2.70 bits per heavy atom. The molecule has 136 valence electrons. The Labute approximate surface area is 161 Å². The average Bonchev–Trinajstić information content (AvgIpc) is 3.24. The number of aryl methyl sites for hydroxylation is 1. The first kappa shape index (κ1) is 17.3. The highest BCUT2D eigenvalue weighted by atomic mass is 32.1. The summed E-state index contributed by atoms with van der Waals surface area (Å²) in [4.78, 5) is 17.0. The number of anilines is 1. The van der Waals surface area contributed by atoms with Crippen molar-refractivity contribution >= 4 is 33.3 Å². The van der Waals surface area contributed by atoms with Crippen LogP contribution < -0.4 is 10.1 Å². The molecule has 2 aromatic carbocycles. The van der Waals surface area contributed by atoms with Gasteiger partial charge in [-0.2, -0.15) is 0 Å². The zero-order valence-electron chi connectivity index (χ0n) is 15.3. The molecule has 1 N–H and O–H groups in total. The van der Waals surface area contributed by atoms with E-state index in [-0.39, 0.29) is 5.91 Å². The summed E-state index contributed by atoms with van der Waals surface area (Å²) in [5.74, 6) is 0.648. The van der Waals surface area contributed by atoms with Crippen molar-refractivity contribution in [2.75, 3.05) is 12.4 Å². The van der Waals surface area contributed by atoms with Crippen LogP contribution in [-0.4, -0.2) is 22.6 Å². The van der Waals surface area contributed by atoms with Crippen LogP contribution in [0.5, 0.6) is 5.75 Å². The van der Waals surface area contributed by atoms with Gasteiger partial charge in [0.25, 0.3) is 5.91 Å². The van der Waals surface area contributed by atoms with Gasteiger partial charge in [-0.05, 0) is 37.3 Å². The van der Waals surface area contributed by atoms with Crippen molar-refractivity contribution in [2.45, 2.75) is 6.92 Å². The standard InChI is InChI=1S/C21H19N3O2S/c1-13-19(16-11-15(26-3)9-10-18(16)24(13)2)17-12-27-21(22-17)23-20(25)14-7-5-4-6-8-14/h4-12H,1-3H3,(H,22,23,25). The lowest BCUT2D eigenvalue weighted by Gasteiger charge is -2.02. The highest BCUT2D eigenvalue weighted by Crippen LogP contribution is 2.37.